The van der Waals surface area contributed by atoms with Crippen LogP contribution in [0.4, 0.5) is 0 Å². The van der Waals surface area contributed by atoms with Crippen LogP contribution in [0.3, 0.4) is 0 Å². The number of hydrogen-bond acceptors (Lipinski definition) is 1. The lowest BCUT2D eigenvalue weighted by molar-refractivity contribution is 0.568. The van der Waals surface area contributed by atoms with E-state index in [1.54, 1.807) is 10.5 Å². The third-order valence-corrected chi connectivity index (χ3v) is 5.34. The van der Waals surface area contributed by atoms with Crippen molar-refractivity contribution in [3.63, 3.8) is 0 Å². The molecule has 0 saturated heterocycles. The largest absolute Gasteiger partial charge is 0.122 e. The van der Waals surface area contributed by atoms with Crippen LogP contribution in [-0.4, -0.2) is 5.25 Å². The minimum absolute atomic E-state index is 0.881. The second-order valence-corrected chi connectivity index (χ2v) is 6.78. The van der Waals surface area contributed by atoms with Crippen LogP contribution in [0.25, 0.3) is 0 Å². The first kappa shape index (κ1) is 14.0. The lowest BCUT2D eigenvalue weighted by atomic mass is 10.0. The summed E-state index contributed by atoms with van der Waals surface area (Å²) in [5.41, 5.74) is 1.57. The highest BCUT2D eigenvalue weighted by Gasteiger charge is 2.18. The van der Waals surface area contributed by atoms with Gasteiger partial charge in [0.25, 0.3) is 0 Å². The van der Waals surface area contributed by atoms with E-state index in [1.165, 1.54) is 57.8 Å². The molecule has 1 atom stereocenters. The zero-order valence-electron chi connectivity index (χ0n) is 11.7. The van der Waals surface area contributed by atoms with E-state index in [-0.39, 0.29) is 0 Å². The molecule has 1 aromatic carbocycles. The Balaban J connectivity index is 1.64. The first-order chi connectivity index (χ1) is 8.90. The van der Waals surface area contributed by atoms with Gasteiger partial charge in [-0.3, -0.25) is 0 Å². The lowest BCUT2D eigenvalue weighted by Crippen LogP contribution is -2.10. The lowest BCUT2D eigenvalue weighted by Gasteiger charge is -2.23. The van der Waals surface area contributed by atoms with Gasteiger partial charge < -0.3 is 0 Å². The summed E-state index contributed by atoms with van der Waals surface area (Å²) in [6, 6.07) is 8.95. The Hall–Kier alpha value is -0.430. The van der Waals surface area contributed by atoms with Crippen molar-refractivity contribution in [2.45, 2.75) is 74.9 Å². The van der Waals surface area contributed by atoms with Gasteiger partial charge in [-0.25, -0.2) is 0 Å². The molecule has 2 rings (SSSR count). The van der Waals surface area contributed by atoms with Crippen molar-refractivity contribution < 1.29 is 0 Å². The molecule has 0 bridgehead atoms. The van der Waals surface area contributed by atoms with E-state index in [0.29, 0.717) is 0 Å². The van der Waals surface area contributed by atoms with Crippen LogP contribution < -0.4 is 0 Å². The van der Waals surface area contributed by atoms with Gasteiger partial charge in [-0.1, -0.05) is 63.6 Å². The molecule has 18 heavy (non-hydrogen) atoms. The van der Waals surface area contributed by atoms with Gasteiger partial charge in [0.1, 0.15) is 0 Å². The number of aryl methyl sites for hydroxylation is 1. The highest BCUT2D eigenvalue weighted by atomic mass is 32.2. The third-order valence-electron chi connectivity index (χ3n) is 3.88. The number of fused-ring (bicyclic) bond motifs is 1. The van der Waals surface area contributed by atoms with Gasteiger partial charge >= 0.3 is 0 Å². The van der Waals surface area contributed by atoms with Crippen LogP contribution in [0.2, 0.25) is 0 Å². The fourth-order valence-electron chi connectivity index (χ4n) is 2.74. The quantitative estimate of drug-likeness (QED) is 0.556. The molecule has 0 fully saturated rings. The zero-order chi connectivity index (χ0) is 12.6. The van der Waals surface area contributed by atoms with Gasteiger partial charge in [0, 0.05) is 10.1 Å². The number of unbranched alkanes of at least 4 members (excludes halogenated alkanes) is 5. The Morgan fingerprint density at radius 1 is 1.06 bits per heavy atom. The number of rotatable bonds is 7. The standard InChI is InChI=1S/C17H26S/c1-2-3-4-5-6-7-11-16-14-13-15-10-8-9-12-17(15)18-16/h8-10,12,16H,2-7,11,13-14H2,1H3/t16-/m1/s1. The number of hydrogen-bond donors (Lipinski definition) is 0. The molecule has 0 radical (unpaired) electrons. The molecule has 1 heterocycles. The summed E-state index contributed by atoms with van der Waals surface area (Å²) in [5, 5.41) is 0.881. The molecule has 0 nitrogen and oxygen atoms in total. The predicted molar refractivity (Wildman–Crippen MR) is 82.4 cm³/mol. The van der Waals surface area contributed by atoms with Crippen molar-refractivity contribution >= 4 is 11.8 Å². The van der Waals surface area contributed by atoms with Gasteiger partial charge in [0.2, 0.25) is 0 Å². The maximum Gasteiger partial charge on any atom is 0.0107 e. The van der Waals surface area contributed by atoms with E-state index in [4.69, 9.17) is 0 Å². The molecular formula is C17H26S. The summed E-state index contributed by atoms with van der Waals surface area (Å²) < 4.78 is 0. The van der Waals surface area contributed by atoms with E-state index in [2.05, 4.69) is 43.0 Å². The third kappa shape index (κ3) is 4.35. The molecule has 0 unspecified atom stereocenters. The normalized spacial score (nSPS) is 18.6. The first-order valence-electron chi connectivity index (χ1n) is 7.64. The minimum Gasteiger partial charge on any atom is -0.122 e. The molecular weight excluding hydrogens is 236 g/mol. The Morgan fingerprint density at radius 3 is 2.72 bits per heavy atom. The second-order valence-electron chi connectivity index (χ2n) is 5.44. The molecule has 1 aromatic rings. The van der Waals surface area contributed by atoms with Crippen LogP contribution in [-0.2, 0) is 6.42 Å². The fourth-order valence-corrected chi connectivity index (χ4v) is 4.09. The highest BCUT2D eigenvalue weighted by Crippen LogP contribution is 2.37. The second kappa shape index (κ2) is 7.89. The molecule has 0 aromatic heterocycles. The Morgan fingerprint density at radius 2 is 1.83 bits per heavy atom. The molecule has 0 saturated carbocycles. The molecule has 0 N–H and O–H groups in total. The average molecular weight is 262 g/mol. The molecule has 0 spiro atoms. The predicted octanol–water partition coefficient (Wildman–Crippen LogP) is 5.84. The zero-order valence-corrected chi connectivity index (χ0v) is 12.5. The van der Waals surface area contributed by atoms with Crippen LogP contribution in [0.1, 0.15) is 63.9 Å². The molecule has 1 heteroatoms. The van der Waals surface area contributed by atoms with E-state index >= 15 is 0 Å². The maximum absolute atomic E-state index is 2.30. The van der Waals surface area contributed by atoms with Crippen LogP contribution in [0.15, 0.2) is 29.2 Å². The van der Waals surface area contributed by atoms with Gasteiger partial charge in [0.05, 0.1) is 0 Å². The average Bonchev–Trinajstić information content (AvgIpc) is 2.42. The van der Waals surface area contributed by atoms with E-state index in [0.717, 1.165) is 5.25 Å². The topological polar surface area (TPSA) is 0 Å². The van der Waals surface area contributed by atoms with Gasteiger partial charge in [0.15, 0.2) is 0 Å². The SMILES string of the molecule is CCCCCCCC[C@@H]1CCc2ccccc2S1. The molecule has 1 aliphatic heterocycles. The van der Waals surface area contributed by atoms with E-state index in [9.17, 15) is 0 Å². The van der Waals surface area contributed by atoms with Crippen molar-refractivity contribution in [3.05, 3.63) is 29.8 Å². The van der Waals surface area contributed by atoms with Gasteiger partial charge in [-0.2, -0.15) is 0 Å². The number of benzene rings is 1. The summed E-state index contributed by atoms with van der Waals surface area (Å²) in [6.45, 7) is 2.29. The highest BCUT2D eigenvalue weighted by molar-refractivity contribution is 8.00. The van der Waals surface area contributed by atoms with Crippen LogP contribution >= 0.6 is 11.8 Å². The van der Waals surface area contributed by atoms with E-state index < -0.39 is 0 Å². The Bertz CT molecular complexity index is 345. The van der Waals surface area contributed by atoms with Gasteiger partial charge in [-0.05, 0) is 30.9 Å². The summed E-state index contributed by atoms with van der Waals surface area (Å²) in [6.07, 6.45) is 12.6. The number of thioether (sulfide) groups is 1. The molecule has 100 valence electrons. The molecule has 0 aliphatic carbocycles. The van der Waals surface area contributed by atoms with Crippen LogP contribution in [0, 0.1) is 0 Å². The Kier molecular flexibility index (Phi) is 6.13. The first-order valence-corrected chi connectivity index (χ1v) is 8.52. The molecule has 1 aliphatic rings. The summed E-state index contributed by atoms with van der Waals surface area (Å²) >= 11 is 2.13. The monoisotopic (exact) mass is 262 g/mol. The summed E-state index contributed by atoms with van der Waals surface area (Å²) in [5.74, 6) is 0. The van der Waals surface area contributed by atoms with E-state index in [1.807, 2.05) is 0 Å². The van der Waals surface area contributed by atoms with Crippen molar-refractivity contribution in [1.29, 1.82) is 0 Å². The summed E-state index contributed by atoms with van der Waals surface area (Å²) in [4.78, 5) is 1.54. The maximum atomic E-state index is 2.30. The van der Waals surface area contributed by atoms with Crippen LogP contribution in [0.5, 0.6) is 0 Å². The summed E-state index contributed by atoms with van der Waals surface area (Å²) in [7, 11) is 0. The molecule has 0 amide bonds. The van der Waals surface area contributed by atoms with Crippen molar-refractivity contribution in [1.82, 2.24) is 0 Å². The minimum atomic E-state index is 0.881. The van der Waals surface area contributed by atoms with Gasteiger partial charge in [-0.15, -0.1) is 11.8 Å². The smallest absolute Gasteiger partial charge is 0.0107 e. The van der Waals surface area contributed by atoms with Crippen molar-refractivity contribution in [3.8, 4) is 0 Å². The van der Waals surface area contributed by atoms with Crippen molar-refractivity contribution in [2.24, 2.45) is 0 Å². The Labute approximate surface area is 117 Å². The fraction of sp³-hybridized carbons (Fsp3) is 0.647. The van der Waals surface area contributed by atoms with Crippen molar-refractivity contribution in [2.75, 3.05) is 0 Å².